The molecule has 0 atom stereocenters. The average molecular weight is 462 g/mol. The van der Waals surface area contributed by atoms with E-state index in [0.29, 0.717) is 16.9 Å². The third kappa shape index (κ3) is 5.99. The van der Waals surface area contributed by atoms with Crippen molar-refractivity contribution in [3.63, 3.8) is 0 Å². The molecule has 0 fully saturated rings. The maximum Gasteiger partial charge on any atom is 0.264 e. The zero-order chi connectivity index (χ0) is 22.5. The number of benzene rings is 2. The molecule has 1 aromatic heterocycles. The summed E-state index contributed by atoms with van der Waals surface area (Å²) in [6.07, 6.45) is 2.82. The highest BCUT2D eigenvalue weighted by Gasteiger charge is 2.16. The zero-order valence-electron chi connectivity index (χ0n) is 16.3. The van der Waals surface area contributed by atoms with Crippen LogP contribution in [0, 0.1) is 0 Å². The molecule has 3 N–H and O–H groups in total. The van der Waals surface area contributed by atoms with Crippen LogP contribution in [0.3, 0.4) is 0 Å². The number of nitrogens with one attached hydrogen (secondary N) is 3. The number of nitrogens with zero attached hydrogens (tertiary/aromatic N) is 2. The maximum atomic E-state index is 12.4. The van der Waals surface area contributed by atoms with E-state index in [9.17, 15) is 21.6 Å². The van der Waals surface area contributed by atoms with Crippen LogP contribution in [0.5, 0.6) is 0 Å². The summed E-state index contributed by atoms with van der Waals surface area (Å²) in [5, 5.41) is 2.65. The van der Waals surface area contributed by atoms with Crippen molar-refractivity contribution >= 4 is 43.3 Å². The molecule has 31 heavy (non-hydrogen) atoms. The fraction of sp³-hybridized carbons (Fsp3) is 0.105. The molecule has 12 heteroatoms. The number of aromatic nitrogens is 2. The van der Waals surface area contributed by atoms with E-state index in [1.54, 1.807) is 6.07 Å². The third-order valence-electron chi connectivity index (χ3n) is 4.01. The summed E-state index contributed by atoms with van der Waals surface area (Å²) in [7, 11) is -7.28. The Morgan fingerprint density at radius 3 is 2.00 bits per heavy atom. The van der Waals surface area contributed by atoms with E-state index in [0.717, 1.165) is 0 Å². The molecule has 0 aliphatic carbocycles. The van der Waals surface area contributed by atoms with Gasteiger partial charge < -0.3 is 5.32 Å². The van der Waals surface area contributed by atoms with Crippen LogP contribution in [0.2, 0.25) is 0 Å². The topological polar surface area (TPSA) is 147 Å². The lowest BCUT2D eigenvalue weighted by atomic mass is 10.2. The number of carbonyl (C=O) groups excluding carboxylic acids is 1. The van der Waals surface area contributed by atoms with Gasteiger partial charge in [0.15, 0.2) is 0 Å². The Bertz CT molecular complexity index is 1260. The predicted octanol–water partition coefficient (Wildman–Crippen LogP) is 2.29. The molecule has 0 aliphatic heterocycles. The molecule has 3 rings (SSSR count). The number of anilines is 3. The molecule has 0 saturated heterocycles. The highest BCUT2D eigenvalue weighted by Crippen LogP contribution is 2.18. The molecule has 0 aliphatic rings. The minimum Gasteiger partial charge on any atom is -0.322 e. The molecule has 0 unspecified atom stereocenters. The van der Waals surface area contributed by atoms with Crippen LogP contribution < -0.4 is 14.8 Å². The Balaban J connectivity index is 1.66. The van der Waals surface area contributed by atoms with E-state index in [1.165, 1.54) is 67.8 Å². The van der Waals surface area contributed by atoms with Crippen molar-refractivity contribution in [1.82, 2.24) is 9.97 Å². The van der Waals surface area contributed by atoms with Gasteiger partial charge in [-0.3, -0.25) is 9.52 Å². The van der Waals surface area contributed by atoms with Crippen LogP contribution in [0.25, 0.3) is 0 Å². The van der Waals surface area contributed by atoms with Gasteiger partial charge in [0.1, 0.15) is 0 Å². The van der Waals surface area contributed by atoms with Crippen molar-refractivity contribution in [2.45, 2.75) is 11.8 Å². The van der Waals surface area contributed by atoms with Crippen LogP contribution in [-0.4, -0.2) is 38.5 Å². The van der Waals surface area contributed by atoms with E-state index in [4.69, 9.17) is 0 Å². The van der Waals surface area contributed by atoms with Crippen LogP contribution >= 0.6 is 0 Å². The first-order valence-corrected chi connectivity index (χ1v) is 12.1. The van der Waals surface area contributed by atoms with Crippen LogP contribution in [-0.2, 0) is 20.0 Å². The van der Waals surface area contributed by atoms with Gasteiger partial charge in [-0.25, -0.2) is 31.5 Å². The summed E-state index contributed by atoms with van der Waals surface area (Å²) in [6.45, 7) is 1.52. The van der Waals surface area contributed by atoms with Gasteiger partial charge >= 0.3 is 0 Å². The van der Waals surface area contributed by atoms with E-state index < -0.39 is 26.0 Å². The summed E-state index contributed by atoms with van der Waals surface area (Å²) in [4.78, 5) is 20.0. The summed E-state index contributed by atoms with van der Waals surface area (Å²) >= 11 is 0. The third-order valence-corrected chi connectivity index (χ3v) is 6.67. The summed E-state index contributed by atoms with van der Waals surface area (Å²) in [6, 6.07) is 13.0. The minimum atomic E-state index is -3.88. The highest BCUT2D eigenvalue weighted by molar-refractivity contribution is 7.93. The molecule has 10 nitrogen and oxygen atoms in total. The number of hydrogen-bond acceptors (Lipinski definition) is 7. The molecule has 2 aromatic carbocycles. The molecule has 0 bridgehead atoms. The summed E-state index contributed by atoms with van der Waals surface area (Å²) < 4.78 is 52.6. The molecule has 1 amide bonds. The zero-order valence-corrected chi connectivity index (χ0v) is 17.9. The Kier molecular flexibility index (Phi) is 6.51. The van der Waals surface area contributed by atoms with Crippen LogP contribution in [0.4, 0.5) is 17.3 Å². The van der Waals surface area contributed by atoms with Gasteiger partial charge in [-0.2, -0.15) is 0 Å². The van der Waals surface area contributed by atoms with Gasteiger partial charge in [-0.15, -0.1) is 0 Å². The first kappa shape index (κ1) is 22.2. The fourth-order valence-corrected chi connectivity index (χ4v) is 3.99. The fourth-order valence-electron chi connectivity index (χ4n) is 2.39. The number of amides is 1. The number of sulfonamides is 2. The van der Waals surface area contributed by atoms with Crippen molar-refractivity contribution in [3.05, 3.63) is 72.6 Å². The normalized spacial score (nSPS) is 11.5. The first-order chi connectivity index (χ1) is 14.7. The van der Waals surface area contributed by atoms with Crippen LogP contribution in [0.1, 0.15) is 17.3 Å². The lowest BCUT2D eigenvalue weighted by Gasteiger charge is -2.09. The Labute approximate surface area is 179 Å². The molecular weight excluding hydrogens is 442 g/mol. The second-order valence-corrected chi connectivity index (χ2v) is 9.93. The van der Waals surface area contributed by atoms with E-state index in [2.05, 4.69) is 24.7 Å². The van der Waals surface area contributed by atoms with Crippen molar-refractivity contribution in [3.8, 4) is 0 Å². The number of hydrogen-bond donors (Lipinski definition) is 3. The van der Waals surface area contributed by atoms with Crippen molar-refractivity contribution < 1.29 is 21.6 Å². The quantitative estimate of drug-likeness (QED) is 0.466. The van der Waals surface area contributed by atoms with E-state index in [-0.39, 0.29) is 16.6 Å². The van der Waals surface area contributed by atoms with Crippen molar-refractivity contribution in [1.29, 1.82) is 0 Å². The number of rotatable bonds is 8. The minimum absolute atomic E-state index is 0.0227. The average Bonchev–Trinajstić information content (AvgIpc) is 2.75. The van der Waals surface area contributed by atoms with Crippen LogP contribution in [0.15, 0.2) is 71.9 Å². The molecule has 162 valence electrons. The molecular formula is C19H19N5O5S2. The van der Waals surface area contributed by atoms with Crippen molar-refractivity contribution in [2.24, 2.45) is 0 Å². The predicted molar refractivity (Wildman–Crippen MR) is 117 cm³/mol. The Morgan fingerprint density at radius 1 is 0.839 bits per heavy atom. The van der Waals surface area contributed by atoms with E-state index >= 15 is 0 Å². The molecule has 0 saturated carbocycles. The number of carbonyl (C=O) groups is 1. The second kappa shape index (κ2) is 9.10. The second-order valence-electron chi connectivity index (χ2n) is 6.24. The largest absolute Gasteiger partial charge is 0.322 e. The SMILES string of the molecule is CCS(=O)(=O)Nc1ccc(C(=O)Nc2ccc(S(=O)(=O)Nc3ncccn3)cc2)cc1. The van der Waals surface area contributed by atoms with Gasteiger partial charge in [0, 0.05) is 29.3 Å². The van der Waals surface area contributed by atoms with Gasteiger partial charge in [0.05, 0.1) is 10.6 Å². The van der Waals surface area contributed by atoms with Gasteiger partial charge in [0.25, 0.3) is 15.9 Å². The standard InChI is InChI=1S/C19H19N5O5S2/c1-2-30(26,27)23-16-6-4-14(5-7-16)18(25)22-15-8-10-17(11-9-15)31(28,29)24-19-20-12-3-13-21-19/h3-13,23H,2H2,1H3,(H,22,25)(H,20,21,24). The Morgan fingerprint density at radius 2 is 1.42 bits per heavy atom. The van der Waals surface area contributed by atoms with Gasteiger partial charge in [-0.05, 0) is 61.5 Å². The Hall–Kier alpha value is -3.51. The monoisotopic (exact) mass is 461 g/mol. The first-order valence-electron chi connectivity index (χ1n) is 9.00. The lowest BCUT2D eigenvalue weighted by Crippen LogP contribution is -2.16. The molecule has 1 heterocycles. The molecule has 3 aromatic rings. The molecule has 0 spiro atoms. The van der Waals surface area contributed by atoms with E-state index in [1.807, 2.05) is 0 Å². The van der Waals surface area contributed by atoms with Crippen molar-refractivity contribution in [2.75, 3.05) is 20.5 Å². The lowest BCUT2D eigenvalue weighted by molar-refractivity contribution is 0.102. The maximum absolute atomic E-state index is 12.4. The van der Waals surface area contributed by atoms with Gasteiger partial charge in [-0.1, -0.05) is 0 Å². The smallest absolute Gasteiger partial charge is 0.264 e. The summed E-state index contributed by atoms with van der Waals surface area (Å²) in [5.41, 5.74) is 1.04. The highest BCUT2D eigenvalue weighted by atomic mass is 32.2. The molecule has 0 radical (unpaired) electrons. The summed E-state index contributed by atoms with van der Waals surface area (Å²) in [5.74, 6) is -0.546. The van der Waals surface area contributed by atoms with Gasteiger partial charge in [0.2, 0.25) is 16.0 Å².